The highest BCUT2D eigenvalue weighted by atomic mass is 14.8. The second-order valence-corrected chi connectivity index (χ2v) is 2.99. The summed E-state index contributed by atoms with van der Waals surface area (Å²) in [5, 5.41) is 11.8. The van der Waals surface area contributed by atoms with Crippen LogP contribution < -0.4 is 5.32 Å². The summed E-state index contributed by atoms with van der Waals surface area (Å²) in [6.45, 7) is 2.60. The molecule has 70 valence electrons. The third-order valence-corrected chi connectivity index (χ3v) is 1.78. The smallest absolute Gasteiger partial charge is 0.100 e. The molecular weight excluding hydrogens is 172 g/mol. The first-order chi connectivity index (χ1) is 6.77. The molecule has 1 aromatic rings. The molecule has 1 N–H and O–H groups in total. The van der Waals surface area contributed by atoms with Crippen molar-refractivity contribution in [2.45, 2.75) is 6.92 Å². The summed E-state index contributed by atoms with van der Waals surface area (Å²) in [7, 11) is 1.84. The SMILES string of the molecule is CNCC#Cc1ccc(C)cc1C#N. The molecule has 0 aromatic heterocycles. The van der Waals surface area contributed by atoms with Crippen LogP contribution in [0.15, 0.2) is 18.2 Å². The van der Waals surface area contributed by atoms with E-state index in [0.717, 1.165) is 11.1 Å². The van der Waals surface area contributed by atoms with Crippen LogP contribution in [0.1, 0.15) is 16.7 Å². The second-order valence-electron chi connectivity index (χ2n) is 2.99. The summed E-state index contributed by atoms with van der Waals surface area (Å²) in [6.07, 6.45) is 0. The first-order valence-electron chi connectivity index (χ1n) is 4.42. The molecule has 1 aromatic carbocycles. The minimum Gasteiger partial charge on any atom is -0.309 e. The zero-order valence-electron chi connectivity index (χ0n) is 8.39. The van der Waals surface area contributed by atoms with Crippen molar-refractivity contribution < 1.29 is 0 Å². The van der Waals surface area contributed by atoms with Crippen LogP contribution >= 0.6 is 0 Å². The van der Waals surface area contributed by atoms with Gasteiger partial charge >= 0.3 is 0 Å². The standard InChI is InChI=1S/C12H12N2/c1-10-5-6-11(4-3-7-14-2)12(8-10)9-13/h5-6,8,14H,7H2,1-2H3. The molecule has 0 aliphatic carbocycles. The highest BCUT2D eigenvalue weighted by molar-refractivity contribution is 5.49. The van der Waals surface area contributed by atoms with E-state index in [-0.39, 0.29) is 0 Å². The van der Waals surface area contributed by atoms with E-state index in [1.165, 1.54) is 0 Å². The van der Waals surface area contributed by atoms with Gasteiger partial charge in [-0.15, -0.1) is 0 Å². The van der Waals surface area contributed by atoms with Crippen molar-refractivity contribution in [1.29, 1.82) is 5.26 Å². The van der Waals surface area contributed by atoms with Crippen LogP contribution in [0.2, 0.25) is 0 Å². The summed E-state index contributed by atoms with van der Waals surface area (Å²) in [5.74, 6) is 5.89. The van der Waals surface area contributed by atoms with Crippen molar-refractivity contribution in [2.75, 3.05) is 13.6 Å². The largest absolute Gasteiger partial charge is 0.309 e. The summed E-state index contributed by atoms with van der Waals surface area (Å²) < 4.78 is 0. The highest BCUT2D eigenvalue weighted by Crippen LogP contribution is 2.08. The van der Waals surface area contributed by atoms with Crippen molar-refractivity contribution in [2.24, 2.45) is 0 Å². The summed E-state index contributed by atoms with van der Waals surface area (Å²) in [5.41, 5.74) is 2.53. The Kier molecular flexibility index (Phi) is 3.73. The van der Waals surface area contributed by atoms with Crippen molar-refractivity contribution in [3.8, 4) is 17.9 Å². The van der Waals surface area contributed by atoms with Gasteiger partial charge in [0, 0.05) is 5.56 Å². The van der Waals surface area contributed by atoms with E-state index in [9.17, 15) is 0 Å². The third-order valence-electron chi connectivity index (χ3n) is 1.78. The maximum atomic E-state index is 8.87. The van der Waals surface area contributed by atoms with Crippen LogP contribution in [-0.4, -0.2) is 13.6 Å². The first-order valence-corrected chi connectivity index (χ1v) is 4.42. The van der Waals surface area contributed by atoms with E-state index in [4.69, 9.17) is 5.26 Å². The molecule has 2 nitrogen and oxygen atoms in total. The van der Waals surface area contributed by atoms with E-state index in [0.29, 0.717) is 12.1 Å². The predicted octanol–water partition coefficient (Wildman–Crippen LogP) is 1.44. The van der Waals surface area contributed by atoms with Gasteiger partial charge in [-0.25, -0.2) is 0 Å². The Morgan fingerprint density at radius 3 is 2.79 bits per heavy atom. The van der Waals surface area contributed by atoms with Crippen LogP contribution in [0.5, 0.6) is 0 Å². The lowest BCUT2D eigenvalue weighted by Gasteiger charge is -1.96. The molecule has 0 spiro atoms. The average molecular weight is 184 g/mol. The van der Waals surface area contributed by atoms with Gasteiger partial charge in [0.1, 0.15) is 6.07 Å². The van der Waals surface area contributed by atoms with Crippen LogP contribution in [0.3, 0.4) is 0 Å². The van der Waals surface area contributed by atoms with Gasteiger partial charge in [0.25, 0.3) is 0 Å². The fraction of sp³-hybridized carbons (Fsp3) is 0.250. The maximum Gasteiger partial charge on any atom is 0.100 e. The highest BCUT2D eigenvalue weighted by Gasteiger charge is 1.97. The van der Waals surface area contributed by atoms with Gasteiger partial charge in [0.2, 0.25) is 0 Å². The van der Waals surface area contributed by atoms with E-state index in [1.54, 1.807) is 0 Å². The molecule has 0 aliphatic rings. The molecule has 2 heteroatoms. The van der Waals surface area contributed by atoms with Gasteiger partial charge in [-0.3, -0.25) is 0 Å². The average Bonchev–Trinajstić information content (AvgIpc) is 2.20. The van der Waals surface area contributed by atoms with Crippen LogP contribution in [-0.2, 0) is 0 Å². The Morgan fingerprint density at radius 2 is 2.14 bits per heavy atom. The molecule has 0 saturated carbocycles. The number of nitrogens with one attached hydrogen (secondary N) is 1. The maximum absolute atomic E-state index is 8.87. The summed E-state index contributed by atoms with van der Waals surface area (Å²) in [6, 6.07) is 7.84. The summed E-state index contributed by atoms with van der Waals surface area (Å²) >= 11 is 0. The third kappa shape index (κ3) is 2.62. The molecular formula is C12H12N2. The van der Waals surface area contributed by atoms with E-state index in [1.807, 2.05) is 32.2 Å². The number of hydrogen-bond acceptors (Lipinski definition) is 2. The molecule has 0 atom stereocenters. The second kappa shape index (κ2) is 5.07. The molecule has 0 fully saturated rings. The Labute approximate surface area is 84.6 Å². The number of nitrogens with zero attached hydrogens (tertiary/aromatic N) is 1. The number of rotatable bonds is 1. The molecule has 0 radical (unpaired) electrons. The molecule has 0 amide bonds. The van der Waals surface area contributed by atoms with E-state index < -0.39 is 0 Å². The zero-order chi connectivity index (χ0) is 10.4. The van der Waals surface area contributed by atoms with E-state index >= 15 is 0 Å². The monoisotopic (exact) mass is 184 g/mol. The molecule has 0 bridgehead atoms. The van der Waals surface area contributed by atoms with Gasteiger partial charge in [-0.05, 0) is 31.7 Å². The van der Waals surface area contributed by atoms with Crippen molar-refractivity contribution in [3.05, 3.63) is 34.9 Å². The molecule has 0 aliphatic heterocycles. The normalized spacial score (nSPS) is 8.64. The van der Waals surface area contributed by atoms with E-state index in [2.05, 4.69) is 23.2 Å². The fourth-order valence-electron chi connectivity index (χ4n) is 1.09. The fourth-order valence-corrected chi connectivity index (χ4v) is 1.09. The Hall–Kier alpha value is -1.77. The Balaban J connectivity index is 3.00. The molecule has 0 saturated heterocycles. The van der Waals surface area contributed by atoms with Crippen molar-refractivity contribution in [3.63, 3.8) is 0 Å². The predicted molar refractivity (Wildman–Crippen MR) is 56.7 cm³/mol. The molecule has 14 heavy (non-hydrogen) atoms. The zero-order valence-corrected chi connectivity index (χ0v) is 8.39. The number of hydrogen-bond donors (Lipinski definition) is 1. The first kappa shape index (κ1) is 10.3. The minimum absolute atomic E-state index is 0.638. The quantitative estimate of drug-likeness (QED) is 0.670. The van der Waals surface area contributed by atoms with Crippen molar-refractivity contribution >= 4 is 0 Å². The number of nitriles is 1. The minimum atomic E-state index is 0.638. The Bertz CT molecular complexity index is 416. The van der Waals surface area contributed by atoms with Gasteiger partial charge in [0.15, 0.2) is 0 Å². The van der Waals surface area contributed by atoms with Crippen LogP contribution in [0.25, 0.3) is 0 Å². The lowest BCUT2D eigenvalue weighted by molar-refractivity contribution is 0.938. The van der Waals surface area contributed by atoms with Gasteiger partial charge < -0.3 is 5.32 Å². The van der Waals surface area contributed by atoms with Gasteiger partial charge in [-0.1, -0.05) is 17.9 Å². The Morgan fingerprint density at radius 1 is 1.36 bits per heavy atom. The molecule has 0 unspecified atom stereocenters. The lowest BCUT2D eigenvalue weighted by Crippen LogP contribution is -2.04. The van der Waals surface area contributed by atoms with Crippen LogP contribution in [0.4, 0.5) is 0 Å². The number of benzene rings is 1. The van der Waals surface area contributed by atoms with Gasteiger partial charge in [-0.2, -0.15) is 5.26 Å². The molecule has 1 rings (SSSR count). The van der Waals surface area contributed by atoms with Crippen molar-refractivity contribution in [1.82, 2.24) is 5.32 Å². The topological polar surface area (TPSA) is 35.8 Å². The number of aryl methyl sites for hydroxylation is 1. The van der Waals surface area contributed by atoms with Crippen LogP contribution in [0, 0.1) is 30.1 Å². The van der Waals surface area contributed by atoms with Gasteiger partial charge in [0.05, 0.1) is 12.1 Å². The lowest BCUT2D eigenvalue weighted by atomic mass is 10.1. The molecule has 0 heterocycles. The summed E-state index contributed by atoms with van der Waals surface area (Å²) in [4.78, 5) is 0.